The molecule has 0 aliphatic carbocycles. The maximum Gasteiger partial charge on any atom is 0.215 e. The van der Waals surface area contributed by atoms with Gasteiger partial charge in [-0.25, -0.2) is 4.68 Å². The number of pyridine rings is 1. The largest absolute Gasteiger partial charge is 0.273 e. The SMILES string of the molecule is S=c1[nH][nH]c(=S)n1/N=C\c1cn(-c2ccccc2)nc1-c1ccncc1. The summed E-state index contributed by atoms with van der Waals surface area (Å²) in [6.07, 6.45) is 7.07. The zero-order valence-electron chi connectivity index (χ0n) is 13.4. The highest BCUT2D eigenvalue weighted by molar-refractivity contribution is 7.72. The lowest BCUT2D eigenvalue weighted by molar-refractivity contribution is 0.848. The monoisotopic (exact) mass is 379 g/mol. The van der Waals surface area contributed by atoms with E-state index in [4.69, 9.17) is 29.5 Å². The molecule has 0 bridgehead atoms. The third kappa shape index (κ3) is 3.17. The lowest BCUT2D eigenvalue weighted by Crippen LogP contribution is -1.93. The Morgan fingerprint density at radius 1 is 0.962 bits per heavy atom. The van der Waals surface area contributed by atoms with E-state index in [2.05, 4.69) is 20.3 Å². The highest BCUT2D eigenvalue weighted by Crippen LogP contribution is 2.22. The van der Waals surface area contributed by atoms with Gasteiger partial charge in [0.2, 0.25) is 9.54 Å². The van der Waals surface area contributed by atoms with Gasteiger partial charge < -0.3 is 0 Å². The molecule has 128 valence electrons. The van der Waals surface area contributed by atoms with Gasteiger partial charge in [-0.05, 0) is 48.7 Å². The summed E-state index contributed by atoms with van der Waals surface area (Å²) in [6, 6.07) is 13.7. The first-order valence-corrected chi connectivity index (χ1v) is 8.53. The van der Waals surface area contributed by atoms with Crippen molar-refractivity contribution in [1.29, 1.82) is 0 Å². The van der Waals surface area contributed by atoms with Crippen molar-refractivity contribution in [2.45, 2.75) is 0 Å². The van der Waals surface area contributed by atoms with E-state index in [0.29, 0.717) is 9.54 Å². The van der Waals surface area contributed by atoms with E-state index in [1.807, 2.05) is 53.3 Å². The van der Waals surface area contributed by atoms with Crippen molar-refractivity contribution >= 4 is 30.7 Å². The third-order valence-corrected chi connectivity index (χ3v) is 4.24. The van der Waals surface area contributed by atoms with Gasteiger partial charge in [-0.3, -0.25) is 15.2 Å². The molecule has 0 aliphatic heterocycles. The van der Waals surface area contributed by atoms with Gasteiger partial charge in [0.15, 0.2) is 0 Å². The van der Waals surface area contributed by atoms with Crippen LogP contribution in [0.3, 0.4) is 0 Å². The molecule has 3 aromatic heterocycles. The fraction of sp³-hybridized carbons (Fsp3) is 0. The van der Waals surface area contributed by atoms with Crippen LogP contribution in [0.1, 0.15) is 5.56 Å². The van der Waals surface area contributed by atoms with Gasteiger partial charge in [0.25, 0.3) is 0 Å². The second-order valence-electron chi connectivity index (χ2n) is 5.37. The molecule has 0 fully saturated rings. The molecule has 0 atom stereocenters. The average molecular weight is 379 g/mol. The molecule has 0 radical (unpaired) electrons. The fourth-order valence-electron chi connectivity index (χ4n) is 2.46. The number of benzene rings is 1. The van der Waals surface area contributed by atoms with Crippen LogP contribution in [0.5, 0.6) is 0 Å². The molecule has 2 N–H and O–H groups in total. The Morgan fingerprint density at radius 3 is 2.35 bits per heavy atom. The van der Waals surface area contributed by atoms with Crippen molar-refractivity contribution < 1.29 is 0 Å². The lowest BCUT2D eigenvalue weighted by atomic mass is 10.1. The highest BCUT2D eigenvalue weighted by Gasteiger charge is 2.11. The summed E-state index contributed by atoms with van der Waals surface area (Å²) in [7, 11) is 0. The molecule has 0 unspecified atom stereocenters. The van der Waals surface area contributed by atoms with Crippen molar-refractivity contribution in [3.05, 3.63) is 76.2 Å². The van der Waals surface area contributed by atoms with Crippen LogP contribution >= 0.6 is 24.4 Å². The number of nitrogens with one attached hydrogen (secondary N) is 2. The van der Waals surface area contributed by atoms with Gasteiger partial charge in [-0.2, -0.15) is 14.9 Å². The van der Waals surface area contributed by atoms with Gasteiger partial charge in [0.05, 0.1) is 11.9 Å². The summed E-state index contributed by atoms with van der Waals surface area (Å²) in [5, 5.41) is 14.6. The van der Waals surface area contributed by atoms with Gasteiger partial charge >= 0.3 is 0 Å². The number of rotatable bonds is 4. The van der Waals surface area contributed by atoms with Crippen molar-refractivity contribution in [2.75, 3.05) is 0 Å². The molecule has 0 saturated heterocycles. The standard InChI is InChI=1S/C17H13N7S2/c25-16-20-21-17(26)24(16)19-10-13-11-23(14-4-2-1-3-5-14)22-15(13)12-6-8-18-9-7-12/h1-11H,(H,20,25)(H,21,26)/b19-10-. The second-order valence-corrected chi connectivity index (χ2v) is 6.14. The topological polar surface area (TPSA) is 79.6 Å². The van der Waals surface area contributed by atoms with E-state index in [-0.39, 0.29) is 0 Å². The number of aromatic nitrogens is 6. The van der Waals surface area contributed by atoms with Gasteiger partial charge in [0.1, 0.15) is 5.69 Å². The molecular formula is C17H13N7S2. The summed E-state index contributed by atoms with van der Waals surface area (Å²) in [6.45, 7) is 0. The van der Waals surface area contributed by atoms with E-state index in [1.54, 1.807) is 18.6 Å². The van der Waals surface area contributed by atoms with E-state index in [1.165, 1.54) is 4.68 Å². The Labute approximate surface area is 158 Å². The minimum absolute atomic E-state index is 0.396. The number of nitrogens with zero attached hydrogens (tertiary/aromatic N) is 5. The van der Waals surface area contributed by atoms with Crippen LogP contribution in [0, 0.1) is 9.54 Å². The Hall–Kier alpha value is -3.17. The van der Waals surface area contributed by atoms with Crippen LogP contribution in [0.2, 0.25) is 0 Å². The van der Waals surface area contributed by atoms with Crippen LogP contribution < -0.4 is 0 Å². The Balaban J connectivity index is 1.83. The van der Waals surface area contributed by atoms with Crippen LogP contribution in [0.4, 0.5) is 0 Å². The summed E-state index contributed by atoms with van der Waals surface area (Å²) in [5.74, 6) is 0. The first-order valence-electron chi connectivity index (χ1n) is 7.72. The molecule has 0 spiro atoms. The minimum atomic E-state index is 0.396. The first-order chi connectivity index (χ1) is 12.7. The molecule has 26 heavy (non-hydrogen) atoms. The fourth-order valence-corrected chi connectivity index (χ4v) is 2.90. The molecule has 7 nitrogen and oxygen atoms in total. The Morgan fingerprint density at radius 2 is 1.65 bits per heavy atom. The smallest absolute Gasteiger partial charge is 0.215 e. The summed E-state index contributed by atoms with van der Waals surface area (Å²) < 4.78 is 4.05. The second kappa shape index (κ2) is 6.98. The van der Waals surface area contributed by atoms with Crippen LogP contribution in [-0.2, 0) is 0 Å². The summed E-state index contributed by atoms with van der Waals surface area (Å²) in [5.41, 5.74) is 3.52. The quantitative estimate of drug-likeness (QED) is 0.418. The highest BCUT2D eigenvalue weighted by atomic mass is 32.1. The van der Waals surface area contributed by atoms with Crippen LogP contribution in [-0.4, -0.2) is 35.9 Å². The van der Waals surface area contributed by atoms with Gasteiger partial charge in [-0.15, -0.1) is 0 Å². The molecular weight excluding hydrogens is 366 g/mol. The predicted octanol–water partition coefficient (Wildman–Crippen LogP) is 3.73. The van der Waals surface area contributed by atoms with Crippen molar-refractivity contribution in [3.63, 3.8) is 0 Å². The van der Waals surface area contributed by atoms with Gasteiger partial charge in [-0.1, -0.05) is 18.2 Å². The third-order valence-electron chi connectivity index (χ3n) is 3.69. The predicted molar refractivity (Wildman–Crippen MR) is 105 cm³/mol. The molecule has 3 heterocycles. The number of hydrogen-bond acceptors (Lipinski definition) is 5. The van der Waals surface area contributed by atoms with Crippen molar-refractivity contribution in [2.24, 2.45) is 5.10 Å². The van der Waals surface area contributed by atoms with Crippen LogP contribution in [0.25, 0.3) is 16.9 Å². The molecule has 9 heteroatoms. The molecule has 1 aromatic carbocycles. The number of para-hydroxylation sites is 1. The number of aromatic amines is 2. The van der Waals surface area contributed by atoms with Crippen LogP contribution in [0.15, 0.2) is 66.2 Å². The maximum absolute atomic E-state index is 5.16. The normalized spacial score (nSPS) is 11.2. The van der Waals surface area contributed by atoms with Gasteiger partial charge in [0, 0.05) is 29.7 Å². The number of hydrogen-bond donors (Lipinski definition) is 2. The zero-order valence-corrected chi connectivity index (χ0v) is 15.0. The van der Waals surface area contributed by atoms with E-state index in [0.717, 1.165) is 22.5 Å². The lowest BCUT2D eigenvalue weighted by Gasteiger charge is -2.00. The van der Waals surface area contributed by atoms with Crippen molar-refractivity contribution in [1.82, 2.24) is 29.6 Å². The van der Waals surface area contributed by atoms with E-state index in [9.17, 15) is 0 Å². The first kappa shape index (κ1) is 16.3. The summed E-state index contributed by atoms with van der Waals surface area (Å²) >= 11 is 10.3. The van der Waals surface area contributed by atoms with E-state index >= 15 is 0 Å². The molecule has 0 amide bonds. The molecule has 4 aromatic rings. The maximum atomic E-state index is 5.16. The average Bonchev–Trinajstić information content (AvgIpc) is 3.25. The minimum Gasteiger partial charge on any atom is -0.273 e. The molecule has 0 aliphatic rings. The molecule has 0 saturated carbocycles. The molecule has 4 rings (SSSR count). The Bertz CT molecular complexity index is 1140. The van der Waals surface area contributed by atoms with Crippen molar-refractivity contribution in [3.8, 4) is 16.9 Å². The van der Waals surface area contributed by atoms with E-state index < -0.39 is 0 Å². The summed E-state index contributed by atoms with van der Waals surface area (Å²) in [4.78, 5) is 4.07. The Kier molecular flexibility index (Phi) is 4.38. The zero-order chi connectivity index (χ0) is 17.9. The number of H-pyrrole nitrogens is 2.